The van der Waals surface area contributed by atoms with Crippen LogP contribution in [0.1, 0.15) is 16.9 Å². The predicted molar refractivity (Wildman–Crippen MR) is 71.3 cm³/mol. The Kier molecular flexibility index (Phi) is 3.85. The van der Waals surface area contributed by atoms with Crippen LogP contribution in [-0.2, 0) is 4.79 Å². The number of ether oxygens (including phenoxy) is 1. The van der Waals surface area contributed by atoms with Gasteiger partial charge in [-0.1, -0.05) is 11.2 Å². The summed E-state index contributed by atoms with van der Waals surface area (Å²) in [6.07, 6.45) is 0. The van der Waals surface area contributed by atoms with E-state index in [0.29, 0.717) is 17.3 Å². The summed E-state index contributed by atoms with van der Waals surface area (Å²) < 4.78 is 10.3. The number of carbonyl (C=O) groups is 1. The number of aryl methyl sites for hydroxylation is 3. The van der Waals surface area contributed by atoms with Crippen molar-refractivity contribution in [2.75, 3.05) is 11.9 Å². The number of hydrogen-bond acceptors (Lipinski definition) is 4. The summed E-state index contributed by atoms with van der Waals surface area (Å²) in [4.78, 5) is 11.6. The van der Waals surface area contributed by atoms with Crippen LogP contribution in [-0.4, -0.2) is 17.7 Å². The molecule has 5 heteroatoms. The lowest BCUT2D eigenvalue weighted by Gasteiger charge is -2.07. The monoisotopic (exact) mass is 260 g/mol. The molecule has 0 radical (unpaired) electrons. The summed E-state index contributed by atoms with van der Waals surface area (Å²) in [5.74, 6) is 1.44. The zero-order valence-corrected chi connectivity index (χ0v) is 11.2. The van der Waals surface area contributed by atoms with Crippen molar-refractivity contribution in [2.45, 2.75) is 20.8 Å². The van der Waals surface area contributed by atoms with Crippen LogP contribution in [0.15, 0.2) is 28.8 Å². The van der Waals surface area contributed by atoms with Crippen molar-refractivity contribution in [3.63, 3.8) is 0 Å². The quantitative estimate of drug-likeness (QED) is 0.917. The van der Waals surface area contributed by atoms with Gasteiger partial charge in [-0.15, -0.1) is 0 Å². The van der Waals surface area contributed by atoms with Gasteiger partial charge >= 0.3 is 0 Å². The Morgan fingerprint density at radius 3 is 2.68 bits per heavy atom. The normalized spacial score (nSPS) is 10.3. The van der Waals surface area contributed by atoms with Crippen molar-refractivity contribution < 1.29 is 14.1 Å². The fraction of sp³-hybridized carbons (Fsp3) is 0.286. The van der Waals surface area contributed by atoms with E-state index in [2.05, 4.69) is 10.5 Å². The van der Waals surface area contributed by atoms with Crippen LogP contribution < -0.4 is 10.1 Å². The largest absolute Gasteiger partial charge is 0.484 e. The second-order valence-electron chi connectivity index (χ2n) is 4.41. The molecule has 0 aliphatic rings. The molecule has 2 aromatic rings. The number of hydrogen-bond donors (Lipinski definition) is 1. The average Bonchev–Trinajstić information content (AvgIpc) is 2.76. The van der Waals surface area contributed by atoms with Crippen molar-refractivity contribution in [3.8, 4) is 5.75 Å². The Bertz CT molecular complexity index is 590. The average molecular weight is 260 g/mol. The molecule has 0 aliphatic heterocycles. The molecule has 0 saturated heterocycles. The highest BCUT2D eigenvalue weighted by Crippen LogP contribution is 2.16. The molecule has 5 nitrogen and oxygen atoms in total. The molecule has 0 bridgehead atoms. The summed E-state index contributed by atoms with van der Waals surface area (Å²) in [5.41, 5.74) is 2.32. The Morgan fingerprint density at radius 2 is 2.05 bits per heavy atom. The topological polar surface area (TPSA) is 64.4 Å². The van der Waals surface area contributed by atoms with E-state index in [0.717, 1.165) is 5.56 Å². The molecule has 0 unspecified atom stereocenters. The molecule has 19 heavy (non-hydrogen) atoms. The summed E-state index contributed by atoms with van der Waals surface area (Å²) in [6, 6.07) is 7.36. The maximum Gasteiger partial charge on any atom is 0.263 e. The van der Waals surface area contributed by atoms with Gasteiger partial charge in [0.1, 0.15) is 11.5 Å². The lowest BCUT2D eigenvalue weighted by molar-refractivity contribution is -0.118. The summed E-state index contributed by atoms with van der Waals surface area (Å²) in [7, 11) is 0. The SMILES string of the molecule is Cc1cc(NC(=O)COc2ccc(C)c(C)c2)no1. The molecule has 2 rings (SSSR count). The molecule has 1 N–H and O–H groups in total. The molecule has 100 valence electrons. The fourth-order valence-corrected chi connectivity index (χ4v) is 1.56. The molecule has 1 aromatic heterocycles. The van der Waals surface area contributed by atoms with Gasteiger partial charge in [-0.05, 0) is 44.0 Å². The minimum atomic E-state index is -0.272. The van der Waals surface area contributed by atoms with E-state index in [4.69, 9.17) is 9.26 Å². The van der Waals surface area contributed by atoms with Crippen LogP contribution >= 0.6 is 0 Å². The number of amides is 1. The Hall–Kier alpha value is -2.30. The number of benzene rings is 1. The summed E-state index contributed by atoms with van der Waals surface area (Å²) in [5, 5.41) is 6.26. The van der Waals surface area contributed by atoms with Gasteiger partial charge in [0, 0.05) is 6.07 Å². The third kappa shape index (κ3) is 3.58. The second-order valence-corrected chi connectivity index (χ2v) is 4.41. The molecule has 0 saturated carbocycles. The fourth-order valence-electron chi connectivity index (χ4n) is 1.56. The van der Waals surface area contributed by atoms with Gasteiger partial charge in [0.2, 0.25) is 0 Å². The maximum absolute atomic E-state index is 11.6. The Balaban J connectivity index is 1.88. The first-order chi connectivity index (χ1) is 9.04. The first-order valence-electron chi connectivity index (χ1n) is 5.98. The maximum atomic E-state index is 11.6. The van der Waals surface area contributed by atoms with Crippen molar-refractivity contribution >= 4 is 11.7 Å². The van der Waals surface area contributed by atoms with Gasteiger partial charge in [0.05, 0.1) is 0 Å². The molecule has 0 aliphatic carbocycles. The van der Waals surface area contributed by atoms with Crippen molar-refractivity contribution in [3.05, 3.63) is 41.2 Å². The van der Waals surface area contributed by atoms with Crippen LogP contribution in [0.25, 0.3) is 0 Å². The minimum absolute atomic E-state index is 0.0611. The number of nitrogens with zero attached hydrogens (tertiary/aromatic N) is 1. The van der Waals surface area contributed by atoms with Gasteiger partial charge in [0.15, 0.2) is 12.4 Å². The van der Waals surface area contributed by atoms with E-state index < -0.39 is 0 Å². The first kappa shape index (κ1) is 13.1. The van der Waals surface area contributed by atoms with Gasteiger partial charge in [-0.3, -0.25) is 4.79 Å². The molecule has 1 heterocycles. The number of carbonyl (C=O) groups excluding carboxylic acids is 1. The number of nitrogens with one attached hydrogen (secondary N) is 1. The van der Waals surface area contributed by atoms with E-state index in [1.54, 1.807) is 13.0 Å². The molecule has 1 amide bonds. The third-order valence-electron chi connectivity index (χ3n) is 2.74. The smallest absolute Gasteiger partial charge is 0.263 e. The first-order valence-corrected chi connectivity index (χ1v) is 5.98. The van der Waals surface area contributed by atoms with E-state index in [-0.39, 0.29) is 12.5 Å². The highest BCUT2D eigenvalue weighted by molar-refractivity contribution is 5.90. The highest BCUT2D eigenvalue weighted by atomic mass is 16.5. The molecular formula is C14H16N2O3. The Labute approximate surface area is 111 Å². The minimum Gasteiger partial charge on any atom is -0.484 e. The highest BCUT2D eigenvalue weighted by Gasteiger charge is 2.07. The molecule has 0 fully saturated rings. The zero-order chi connectivity index (χ0) is 13.8. The lowest BCUT2D eigenvalue weighted by Crippen LogP contribution is -2.20. The molecule has 1 aromatic carbocycles. The van der Waals surface area contributed by atoms with Gasteiger partial charge < -0.3 is 14.6 Å². The van der Waals surface area contributed by atoms with E-state index in [9.17, 15) is 4.79 Å². The standard InChI is InChI=1S/C14H16N2O3/c1-9-4-5-12(6-10(9)2)18-8-14(17)15-13-7-11(3)19-16-13/h4-7H,8H2,1-3H3,(H,15,16,17). The van der Waals surface area contributed by atoms with Crippen LogP contribution in [0.3, 0.4) is 0 Å². The van der Waals surface area contributed by atoms with Crippen molar-refractivity contribution in [1.82, 2.24) is 5.16 Å². The van der Waals surface area contributed by atoms with Gasteiger partial charge in [0.25, 0.3) is 5.91 Å². The molecule has 0 spiro atoms. The van der Waals surface area contributed by atoms with E-state index >= 15 is 0 Å². The zero-order valence-electron chi connectivity index (χ0n) is 11.2. The van der Waals surface area contributed by atoms with Gasteiger partial charge in [-0.25, -0.2) is 0 Å². The predicted octanol–water partition coefficient (Wildman–Crippen LogP) is 2.62. The Morgan fingerprint density at radius 1 is 1.26 bits per heavy atom. The number of aromatic nitrogens is 1. The summed E-state index contributed by atoms with van der Waals surface area (Å²) in [6.45, 7) is 5.72. The van der Waals surface area contributed by atoms with E-state index in [1.807, 2.05) is 32.0 Å². The van der Waals surface area contributed by atoms with Crippen molar-refractivity contribution in [2.24, 2.45) is 0 Å². The van der Waals surface area contributed by atoms with Gasteiger partial charge in [-0.2, -0.15) is 0 Å². The summed E-state index contributed by atoms with van der Waals surface area (Å²) >= 11 is 0. The number of rotatable bonds is 4. The van der Waals surface area contributed by atoms with Crippen LogP contribution in [0, 0.1) is 20.8 Å². The van der Waals surface area contributed by atoms with Crippen LogP contribution in [0.2, 0.25) is 0 Å². The lowest BCUT2D eigenvalue weighted by atomic mass is 10.1. The third-order valence-corrected chi connectivity index (χ3v) is 2.74. The molecular weight excluding hydrogens is 244 g/mol. The van der Waals surface area contributed by atoms with Crippen molar-refractivity contribution in [1.29, 1.82) is 0 Å². The van der Waals surface area contributed by atoms with Crippen LogP contribution in [0.5, 0.6) is 5.75 Å². The second kappa shape index (κ2) is 5.56. The number of anilines is 1. The van der Waals surface area contributed by atoms with Crippen LogP contribution in [0.4, 0.5) is 5.82 Å². The molecule has 0 atom stereocenters. The van der Waals surface area contributed by atoms with E-state index in [1.165, 1.54) is 5.56 Å².